The number of amides is 1. The molecule has 1 heterocycles. The van der Waals surface area contributed by atoms with E-state index in [4.69, 9.17) is 18.9 Å². The Morgan fingerprint density at radius 3 is 2.50 bits per heavy atom. The van der Waals surface area contributed by atoms with E-state index < -0.39 is 30.0 Å². The predicted molar refractivity (Wildman–Crippen MR) is 125 cm³/mol. The van der Waals surface area contributed by atoms with Crippen LogP contribution >= 0.6 is 0 Å². The second-order valence-corrected chi connectivity index (χ2v) is 9.16. The van der Waals surface area contributed by atoms with Crippen LogP contribution in [0.3, 0.4) is 0 Å². The zero-order chi connectivity index (χ0) is 24.9. The first-order chi connectivity index (χ1) is 16.1. The fourth-order valence-electron chi connectivity index (χ4n) is 3.25. The lowest BCUT2D eigenvalue weighted by molar-refractivity contribution is -0.00551. The third-order valence-corrected chi connectivity index (χ3v) is 5.24. The number of carbonyl (C=O) groups is 3. The van der Waals surface area contributed by atoms with Gasteiger partial charge in [-0.25, -0.2) is 9.59 Å². The summed E-state index contributed by atoms with van der Waals surface area (Å²) in [7, 11) is 0. The van der Waals surface area contributed by atoms with Crippen molar-refractivity contribution in [2.45, 2.75) is 59.0 Å². The van der Waals surface area contributed by atoms with Gasteiger partial charge in [0.1, 0.15) is 23.7 Å². The molecule has 1 amide bonds. The van der Waals surface area contributed by atoms with E-state index >= 15 is 0 Å². The van der Waals surface area contributed by atoms with Gasteiger partial charge in [0.05, 0.1) is 11.1 Å². The summed E-state index contributed by atoms with van der Waals surface area (Å²) in [5, 5.41) is 2.62. The van der Waals surface area contributed by atoms with E-state index in [2.05, 4.69) is 5.32 Å². The molecule has 2 aromatic carbocycles. The van der Waals surface area contributed by atoms with Gasteiger partial charge in [-0.05, 0) is 57.5 Å². The zero-order valence-corrected chi connectivity index (χ0v) is 20.1. The Morgan fingerprint density at radius 1 is 1.15 bits per heavy atom. The van der Waals surface area contributed by atoms with Crippen molar-refractivity contribution in [3.8, 4) is 11.5 Å². The molecule has 3 rings (SSSR count). The molecule has 1 aliphatic rings. The number of hydrogen-bond acceptors (Lipinski definition) is 7. The van der Waals surface area contributed by atoms with Crippen LogP contribution in [0.4, 0.5) is 4.79 Å². The summed E-state index contributed by atoms with van der Waals surface area (Å²) >= 11 is 0. The number of carbonyl (C=O) groups excluding carboxylic acids is 3. The highest BCUT2D eigenvalue weighted by Gasteiger charge is 2.32. The molecule has 0 aliphatic carbocycles. The van der Waals surface area contributed by atoms with E-state index in [0.29, 0.717) is 17.7 Å². The quantitative estimate of drug-likeness (QED) is 0.461. The number of rotatable bonds is 7. The van der Waals surface area contributed by atoms with Crippen molar-refractivity contribution >= 4 is 17.8 Å². The van der Waals surface area contributed by atoms with E-state index in [1.807, 2.05) is 32.0 Å². The lowest BCUT2D eigenvalue weighted by Gasteiger charge is -2.27. The van der Waals surface area contributed by atoms with Crippen molar-refractivity contribution in [2.75, 3.05) is 6.61 Å². The maximum atomic E-state index is 12.9. The molecule has 8 heteroatoms. The number of ketones is 1. The van der Waals surface area contributed by atoms with Crippen LogP contribution in [0.15, 0.2) is 48.5 Å². The molecule has 0 radical (unpaired) electrons. The fourth-order valence-corrected chi connectivity index (χ4v) is 3.25. The summed E-state index contributed by atoms with van der Waals surface area (Å²) in [5.41, 5.74) is -0.152. The number of benzene rings is 2. The van der Waals surface area contributed by atoms with E-state index in [1.54, 1.807) is 32.9 Å². The lowest BCUT2D eigenvalue weighted by atomic mass is 10.0. The molecule has 3 atom stereocenters. The van der Waals surface area contributed by atoms with Crippen LogP contribution in [-0.2, 0) is 9.47 Å². The SMILES string of the molecule is CCC(C)C(NC(=O)OC(C)(C)C)OC(=O)c1ccc2c(c1)OCC(Oc1ccccc1)C2=O. The molecule has 34 heavy (non-hydrogen) atoms. The first-order valence-corrected chi connectivity index (χ1v) is 11.3. The second-order valence-electron chi connectivity index (χ2n) is 9.16. The number of esters is 1. The number of alkyl carbamates (subject to hydrolysis) is 1. The molecule has 182 valence electrons. The molecular weight excluding hydrogens is 438 g/mol. The monoisotopic (exact) mass is 469 g/mol. The number of Topliss-reactive ketones (excluding diaryl/α,β-unsaturated/α-hetero) is 1. The molecular formula is C26H31NO7. The Hall–Kier alpha value is -3.55. The molecule has 0 saturated heterocycles. The molecule has 2 aromatic rings. The predicted octanol–water partition coefficient (Wildman–Crippen LogP) is 4.76. The molecule has 8 nitrogen and oxygen atoms in total. The smallest absolute Gasteiger partial charge is 0.410 e. The van der Waals surface area contributed by atoms with Gasteiger partial charge in [0.15, 0.2) is 12.3 Å². The first kappa shape index (κ1) is 25.1. The van der Waals surface area contributed by atoms with Crippen LogP contribution in [-0.4, -0.2) is 42.4 Å². The first-order valence-electron chi connectivity index (χ1n) is 11.3. The summed E-state index contributed by atoms with van der Waals surface area (Å²) in [4.78, 5) is 37.9. The normalized spacial score (nSPS) is 17.0. The topological polar surface area (TPSA) is 100 Å². The van der Waals surface area contributed by atoms with E-state index in [9.17, 15) is 14.4 Å². The van der Waals surface area contributed by atoms with Crippen LogP contribution in [0.25, 0.3) is 0 Å². The van der Waals surface area contributed by atoms with Crippen molar-refractivity contribution in [1.29, 1.82) is 0 Å². The Bertz CT molecular complexity index is 1030. The number of hydrogen-bond donors (Lipinski definition) is 1. The van der Waals surface area contributed by atoms with Crippen molar-refractivity contribution in [1.82, 2.24) is 5.32 Å². The molecule has 0 fully saturated rings. The van der Waals surface area contributed by atoms with Crippen LogP contribution in [0.5, 0.6) is 11.5 Å². The van der Waals surface area contributed by atoms with Gasteiger partial charge < -0.3 is 18.9 Å². The van der Waals surface area contributed by atoms with Gasteiger partial charge in [-0.3, -0.25) is 10.1 Å². The van der Waals surface area contributed by atoms with Gasteiger partial charge in [-0.2, -0.15) is 0 Å². The minimum absolute atomic E-state index is 0.0227. The molecule has 1 aliphatic heterocycles. The van der Waals surface area contributed by atoms with Crippen LogP contribution in [0, 0.1) is 5.92 Å². The Balaban J connectivity index is 1.69. The highest BCUT2D eigenvalue weighted by Crippen LogP contribution is 2.28. The van der Waals surface area contributed by atoms with Crippen molar-refractivity contribution in [3.63, 3.8) is 0 Å². The largest absolute Gasteiger partial charge is 0.488 e. The Kier molecular flexibility index (Phi) is 7.81. The minimum atomic E-state index is -0.880. The number of ether oxygens (including phenoxy) is 4. The van der Waals surface area contributed by atoms with Crippen LogP contribution < -0.4 is 14.8 Å². The van der Waals surface area contributed by atoms with Gasteiger partial charge in [0.2, 0.25) is 5.78 Å². The Morgan fingerprint density at radius 2 is 1.85 bits per heavy atom. The second kappa shape index (κ2) is 10.6. The highest BCUT2D eigenvalue weighted by atomic mass is 16.6. The number of fused-ring (bicyclic) bond motifs is 1. The standard InChI is InChI=1S/C26H31NO7/c1-6-16(2)23(27-25(30)34-26(3,4)5)33-24(29)17-12-13-19-20(14-17)31-15-21(22(19)28)32-18-10-8-7-9-11-18/h7-14,16,21,23H,6,15H2,1-5H3,(H,27,30). The summed E-state index contributed by atoms with van der Waals surface area (Å²) in [6.07, 6.45) is -1.66. The fraction of sp³-hybridized carbons (Fsp3) is 0.423. The van der Waals surface area contributed by atoms with Crippen molar-refractivity contribution < 1.29 is 33.3 Å². The molecule has 1 N–H and O–H groups in total. The number of nitrogens with one attached hydrogen (secondary N) is 1. The van der Waals surface area contributed by atoms with Crippen LogP contribution in [0.1, 0.15) is 61.8 Å². The third kappa shape index (κ3) is 6.50. The van der Waals surface area contributed by atoms with Gasteiger partial charge in [-0.15, -0.1) is 0 Å². The third-order valence-electron chi connectivity index (χ3n) is 5.24. The summed E-state index contributed by atoms with van der Waals surface area (Å²) in [6, 6.07) is 13.5. The van der Waals surface area contributed by atoms with Gasteiger partial charge in [-0.1, -0.05) is 32.0 Å². The minimum Gasteiger partial charge on any atom is -0.488 e. The van der Waals surface area contributed by atoms with Gasteiger partial charge >= 0.3 is 12.1 Å². The van der Waals surface area contributed by atoms with Crippen molar-refractivity contribution in [2.24, 2.45) is 5.92 Å². The average Bonchev–Trinajstić information content (AvgIpc) is 2.79. The highest BCUT2D eigenvalue weighted by molar-refractivity contribution is 6.04. The summed E-state index contributed by atoms with van der Waals surface area (Å²) in [5.74, 6) is -0.172. The van der Waals surface area contributed by atoms with E-state index in [1.165, 1.54) is 18.2 Å². The van der Waals surface area contributed by atoms with Gasteiger partial charge in [0, 0.05) is 5.92 Å². The molecule has 0 bridgehead atoms. The average molecular weight is 470 g/mol. The van der Waals surface area contributed by atoms with E-state index in [0.717, 1.165) is 0 Å². The van der Waals surface area contributed by atoms with E-state index in [-0.39, 0.29) is 29.6 Å². The summed E-state index contributed by atoms with van der Waals surface area (Å²) in [6.45, 7) is 9.06. The summed E-state index contributed by atoms with van der Waals surface area (Å²) < 4.78 is 22.3. The Labute approximate surface area is 199 Å². The maximum absolute atomic E-state index is 12.9. The molecule has 3 unspecified atom stereocenters. The van der Waals surface area contributed by atoms with Crippen molar-refractivity contribution in [3.05, 3.63) is 59.7 Å². The zero-order valence-electron chi connectivity index (χ0n) is 20.1. The lowest BCUT2D eigenvalue weighted by Crippen LogP contribution is -2.45. The molecule has 0 aromatic heterocycles. The number of para-hydroxylation sites is 1. The molecule has 0 saturated carbocycles. The van der Waals surface area contributed by atoms with Gasteiger partial charge in [0.25, 0.3) is 0 Å². The maximum Gasteiger partial charge on any atom is 0.410 e. The van der Waals surface area contributed by atoms with Crippen LogP contribution in [0.2, 0.25) is 0 Å². The molecule has 0 spiro atoms.